The number of nitrogens with zero attached hydrogens (tertiary/aromatic N) is 2. The first-order valence-corrected chi connectivity index (χ1v) is 6.85. The van der Waals surface area contributed by atoms with E-state index in [1.54, 1.807) is 12.1 Å². The summed E-state index contributed by atoms with van der Waals surface area (Å²) in [7, 11) is 0. The van der Waals surface area contributed by atoms with Crippen molar-refractivity contribution >= 4 is 11.6 Å². The van der Waals surface area contributed by atoms with E-state index in [4.69, 9.17) is 20.9 Å². The number of aromatic nitrogens is 2. The molecule has 1 aromatic heterocycles. The van der Waals surface area contributed by atoms with Gasteiger partial charge in [0.05, 0.1) is 5.56 Å². The maximum atomic E-state index is 9.87. The van der Waals surface area contributed by atoms with E-state index in [1.165, 1.54) is 6.07 Å². The molecule has 0 aliphatic rings. The highest BCUT2D eigenvalue weighted by Crippen LogP contribution is 2.33. The molecule has 0 spiro atoms. The van der Waals surface area contributed by atoms with Crippen molar-refractivity contribution in [2.75, 3.05) is 6.61 Å². The molecule has 108 valence electrons. The zero-order valence-corrected chi connectivity index (χ0v) is 12.4. The van der Waals surface area contributed by atoms with Gasteiger partial charge in [-0.3, -0.25) is 0 Å². The molecule has 0 radical (unpaired) electrons. The van der Waals surface area contributed by atoms with E-state index >= 15 is 0 Å². The third kappa shape index (κ3) is 2.78. The Morgan fingerprint density at radius 1 is 1.40 bits per heavy atom. The first kappa shape index (κ1) is 14.8. The molecule has 1 N–H and O–H groups in total. The topological polar surface area (TPSA) is 68.4 Å². The normalized spacial score (nSPS) is 14.2. The van der Waals surface area contributed by atoms with Crippen LogP contribution in [0.3, 0.4) is 0 Å². The summed E-state index contributed by atoms with van der Waals surface area (Å²) in [4.78, 5) is 4.33. The number of ether oxygens (including phenoxy) is 1. The van der Waals surface area contributed by atoms with Crippen molar-refractivity contribution in [1.82, 2.24) is 10.1 Å². The summed E-state index contributed by atoms with van der Waals surface area (Å²) in [6.45, 7) is 6.37. The highest BCUT2D eigenvalue weighted by atomic mass is 35.5. The lowest BCUT2D eigenvalue weighted by Gasteiger charge is -2.23. The largest absolute Gasteiger partial charge is 0.507 e. The summed E-state index contributed by atoms with van der Waals surface area (Å²) in [5.74, 6) is 0.710. The van der Waals surface area contributed by atoms with Crippen molar-refractivity contribution in [2.24, 2.45) is 0 Å². The number of benzene rings is 1. The number of phenolic OH excluding ortho intramolecular Hbond substituents is 1. The molecule has 0 amide bonds. The van der Waals surface area contributed by atoms with E-state index in [0.717, 1.165) is 0 Å². The Hall–Kier alpha value is -1.59. The van der Waals surface area contributed by atoms with Crippen molar-refractivity contribution in [2.45, 2.75) is 32.8 Å². The summed E-state index contributed by atoms with van der Waals surface area (Å²) in [6, 6.07) is 4.73. The minimum atomic E-state index is -0.599. The molecule has 0 saturated heterocycles. The lowest BCUT2D eigenvalue weighted by atomic mass is 10.0. The Labute approximate surface area is 122 Å². The van der Waals surface area contributed by atoms with Gasteiger partial charge in [0.2, 0.25) is 5.82 Å². The van der Waals surface area contributed by atoms with Gasteiger partial charge in [0.25, 0.3) is 5.89 Å². The van der Waals surface area contributed by atoms with Gasteiger partial charge in [0.15, 0.2) is 0 Å². The van der Waals surface area contributed by atoms with Gasteiger partial charge in [-0.2, -0.15) is 4.98 Å². The van der Waals surface area contributed by atoms with E-state index in [9.17, 15) is 5.11 Å². The van der Waals surface area contributed by atoms with Crippen LogP contribution in [0.25, 0.3) is 11.5 Å². The van der Waals surface area contributed by atoms with E-state index in [0.29, 0.717) is 29.4 Å². The molecule has 6 heteroatoms. The van der Waals surface area contributed by atoms with Gasteiger partial charge < -0.3 is 14.4 Å². The molecule has 1 atom stereocenters. The summed E-state index contributed by atoms with van der Waals surface area (Å²) in [5.41, 5.74) is -0.151. The zero-order valence-electron chi connectivity index (χ0n) is 11.7. The fraction of sp³-hybridized carbons (Fsp3) is 0.429. The molecule has 5 nitrogen and oxygen atoms in total. The molecule has 0 saturated carbocycles. The Kier molecular flexibility index (Phi) is 4.30. The number of rotatable bonds is 5. The molecule has 0 fully saturated rings. The summed E-state index contributed by atoms with van der Waals surface area (Å²) in [5, 5.41) is 14.3. The Morgan fingerprint density at radius 2 is 2.15 bits per heavy atom. The summed E-state index contributed by atoms with van der Waals surface area (Å²) < 4.78 is 10.9. The number of aromatic hydroxyl groups is 1. The Balaban J connectivity index is 2.37. The van der Waals surface area contributed by atoms with Gasteiger partial charge in [-0.05, 0) is 38.5 Å². The van der Waals surface area contributed by atoms with Crippen molar-refractivity contribution in [1.29, 1.82) is 0 Å². The predicted octanol–water partition coefficient (Wildman–Crippen LogP) is 3.76. The molecule has 20 heavy (non-hydrogen) atoms. The molecule has 1 aromatic carbocycles. The highest BCUT2D eigenvalue weighted by Gasteiger charge is 2.31. The molecule has 0 aliphatic heterocycles. The van der Waals surface area contributed by atoms with Crippen LogP contribution in [0.5, 0.6) is 5.75 Å². The molecule has 1 unspecified atom stereocenters. The van der Waals surface area contributed by atoms with Gasteiger partial charge in [-0.1, -0.05) is 23.7 Å². The van der Waals surface area contributed by atoms with Crippen molar-refractivity contribution < 1.29 is 14.4 Å². The van der Waals surface area contributed by atoms with Gasteiger partial charge in [0, 0.05) is 11.6 Å². The SMILES string of the molecule is CCOC(C)(CC)c1noc(-c2ccc(Cl)cc2O)n1. The van der Waals surface area contributed by atoms with E-state index in [-0.39, 0.29) is 11.6 Å². The summed E-state index contributed by atoms with van der Waals surface area (Å²) in [6.07, 6.45) is 0.715. The zero-order chi connectivity index (χ0) is 14.8. The first-order chi connectivity index (χ1) is 9.50. The van der Waals surface area contributed by atoms with Crippen LogP contribution in [-0.2, 0) is 10.3 Å². The molecule has 0 aliphatic carbocycles. The molecule has 0 bridgehead atoms. The number of phenols is 1. The van der Waals surface area contributed by atoms with E-state index < -0.39 is 5.60 Å². The van der Waals surface area contributed by atoms with Crippen molar-refractivity contribution in [3.63, 3.8) is 0 Å². The predicted molar refractivity (Wildman–Crippen MR) is 75.7 cm³/mol. The van der Waals surface area contributed by atoms with Crippen molar-refractivity contribution in [3.8, 4) is 17.2 Å². The average molecular weight is 297 g/mol. The first-order valence-electron chi connectivity index (χ1n) is 6.47. The second kappa shape index (κ2) is 5.81. The van der Waals surface area contributed by atoms with Gasteiger partial charge >= 0.3 is 0 Å². The second-order valence-electron chi connectivity index (χ2n) is 4.60. The van der Waals surface area contributed by atoms with Crippen molar-refractivity contribution in [3.05, 3.63) is 29.0 Å². The molecule has 2 aromatic rings. The molecule has 1 heterocycles. The smallest absolute Gasteiger partial charge is 0.261 e. The van der Waals surface area contributed by atoms with Crippen LogP contribution in [0.1, 0.15) is 33.0 Å². The van der Waals surface area contributed by atoms with Crippen LogP contribution < -0.4 is 0 Å². The van der Waals surface area contributed by atoms with Crippen LogP contribution in [0, 0.1) is 0 Å². The molecular weight excluding hydrogens is 280 g/mol. The molecular formula is C14H17ClN2O3. The van der Waals surface area contributed by atoms with Gasteiger partial charge in [-0.15, -0.1) is 0 Å². The molecule has 2 rings (SSSR count). The highest BCUT2D eigenvalue weighted by molar-refractivity contribution is 6.30. The average Bonchev–Trinajstić information content (AvgIpc) is 2.89. The third-order valence-electron chi connectivity index (χ3n) is 3.23. The van der Waals surface area contributed by atoms with Crippen LogP contribution >= 0.6 is 11.6 Å². The fourth-order valence-corrected chi connectivity index (χ4v) is 2.04. The standard InChI is InChI=1S/C14H17ClN2O3/c1-4-14(3,19-5-2)13-16-12(20-17-13)10-7-6-9(15)8-11(10)18/h6-8,18H,4-5H2,1-3H3. The van der Waals surface area contributed by atoms with Crippen LogP contribution in [-0.4, -0.2) is 21.9 Å². The summed E-state index contributed by atoms with van der Waals surface area (Å²) >= 11 is 5.80. The number of hydrogen-bond donors (Lipinski definition) is 1. The minimum Gasteiger partial charge on any atom is -0.507 e. The monoisotopic (exact) mass is 296 g/mol. The van der Waals surface area contributed by atoms with Crippen LogP contribution in [0.2, 0.25) is 5.02 Å². The maximum Gasteiger partial charge on any atom is 0.261 e. The number of halogens is 1. The van der Waals surface area contributed by atoms with Crippen LogP contribution in [0.15, 0.2) is 22.7 Å². The van der Waals surface area contributed by atoms with Crippen LogP contribution in [0.4, 0.5) is 0 Å². The number of hydrogen-bond acceptors (Lipinski definition) is 5. The van der Waals surface area contributed by atoms with Gasteiger partial charge in [-0.25, -0.2) is 0 Å². The Morgan fingerprint density at radius 3 is 2.75 bits per heavy atom. The van der Waals surface area contributed by atoms with E-state index in [2.05, 4.69) is 10.1 Å². The lowest BCUT2D eigenvalue weighted by Crippen LogP contribution is -2.26. The van der Waals surface area contributed by atoms with Gasteiger partial charge in [0.1, 0.15) is 11.4 Å². The van der Waals surface area contributed by atoms with E-state index in [1.807, 2.05) is 20.8 Å². The maximum absolute atomic E-state index is 9.87. The fourth-order valence-electron chi connectivity index (χ4n) is 1.88. The lowest BCUT2D eigenvalue weighted by molar-refractivity contribution is -0.0403. The second-order valence-corrected chi connectivity index (χ2v) is 5.04. The minimum absolute atomic E-state index is 0.00214. The third-order valence-corrected chi connectivity index (χ3v) is 3.46. The quantitative estimate of drug-likeness (QED) is 0.910. The Bertz CT molecular complexity index is 600.